The molecule has 58 valence electrons. The van der Waals surface area contributed by atoms with Gasteiger partial charge in [0.2, 0.25) is 5.91 Å². The minimum Gasteiger partial charge on any atom is -0.368 e. The van der Waals surface area contributed by atoms with Crippen molar-refractivity contribution in [3.05, 3.63) is 12.2 Å². The van der Waals surface area contributed by atoms with Gasteiger partial charge in [-0.05, 0) is 20.3 Å². The van der Waals surface area contributed by atoms with Gasteiger partial charge in [0.25, 0.3) is 0 Å². The Hall–Kier alpha value is -0.830. The first-order chi connectivity index (χ1) is 4.36. The minimum atomic E-state index is -0.939. The van der Waals surface area contributed by atoms with Gasteiger partial charge < -0.3 is 11.5 Å². The molecule has 0 radical (unpaired) electrons. The Morgan fingerprint density at radius 3 is 2.20 bits per heavy atom. The van der Waals surface area contributed by atoms with E-state index in [1.807, 2.05) is 6.92 Å². The molecule has 0 aromatic heterocycles. The lowest BCUT2D eigenvalue weighted by molar-refractivity contribution is -0.122. The summed E-state index contributed by atoms with van der Waals surface area (Å²) in [4.78, 5) is 10.6. The van der Waals surface area contributed by atoms with E-state index < -0.39 is 11.4 Å². The smallest absolute Gasteiger partial charge is 0.237 e. The highest BCUT2D eigenvalue weighted by molar-refractivity contribution is 5.84. The summed E-state index contributed by atoms with van der Waals surface area (Å²) in [5.41, 5.74) is 10.5. The van der Waals surface area contributed by atoms with Gasteiger partial charge in [0.05, 0.1) is 5.54 Å². The van der Waals surface area contributed by atoms with Crippen molar-refractivity contribution in [3.8, 4) is 0 Å². The van der Waals surface area contributed by atoms with Crippen molar-refractivity contribution in [1.82, 2.24) is 0 Å². The number of hydrogen-bond acceptors (Lipinski definition) is 2. The Bertz CT molecular complexity index is 161. The maximum absolute atomic E-state index is 10.6. The molecule has 0 aliphatic carbocycles. The van der Waals surface area contributed by atoms with Crippen LogP contribution in [0.1, 0.15) is 20.3 Å². The fourth-order valence-corrected chi connectivity index (χ4v) is 0.714. The van der Waals surface area contributed by atoms with Crippen molar-refractivity contribution in [2.45, 2.75) is 25.8 Å². The second-order valence-electron chi connectivity index (χ2n) is 2.92. The normalized spacial score (nSPS) is 15.9. The largest absolute Gasteiger partial charge is 0.368 e. The van der Waals surface area contributed by atoms with E-state index in [0.717, 1.165) is 5.57 Å². The first-order valence-corrected chi connectivity index (χ1v) is 3.09. The first-order valence-electron chi connectivity index (χ1n) is 3.09. The Morgan fingerprint density at radius 1 is 1.70 bits per heavy atom. The number of nitrogens with two attached hydrogens (primary N) is 2. The highest BCUT2D eigenvalue weighted by atomic mass is 16.1. The van der Waals surface area contributed by atoms with E-state index in [0.29, 0.717) is 6.42 Å². The van der Waals surface area contributed by atoms with E-state index in [9.17, 15) is 4.79 Å². The molecule has 0 aromatic rings. The number of amides is 1. The van der Waals surface area contributed by atoms with Crippen molar-refractivity contribution in [3.63, 3.8) is 0 Å². The van der Waals surface area contributed by atoms with Gasteiger partial charge in [0, 0.05) is 0 Å². The maximum atomic E-state index is 10.6. The predicted molar refractivity (Wildman–Crippen MR) is 41.2 cm³/mol. The summed E-state index contributed by atoms with van der Waals surface area (Å²) in [6, 6.07) is 0. The van der Waals surface area contributed by atoms with Gasteiger partial charge >= 0.3 is 0 Å². The quantitative estimate of drug-likeness (QED) is 0.551. The van der Waals surface area contributed by atoms with E-state index in [-0.39, 0.29) is 0 Å². The average molecular weight is 142 g/mol. The zero-order valence-electron chi connectivity index (χ0n) is 6.48. The maximum Gasteiger partial charge on any atom is 0.237 e. The molecule has 0 bridgehead atoms. The molecule has 0 aliphatic heterocycles. The summed E-state index contributed by atoms with van der Waals surface area (Å²) in [6.45, 7) is 7.05. The first kappa shape index (κ1) is 9.17. The van der Waals surface area contributed by atoms with Gasteiger partial charge in [-0.3, -0.25) is 4.79 Å². The summed E-state index contributed by atoms with van der Waals surface area (Å²) in [5.74, 6) is -0.490. The van der Waals surface area contributed by atoms with Gasteiger partial charge in [0.15, 0.2) is 0 Å². The molecule has 4 N–H and O–H groups in total. The van der Waals surface area contributed by atoms with E-state index in [1.165, 1.54) is 0 Å². The molecule has 0 heterocycles. The van der Waals surface area contributed by atoms with Gasteiger partial charge in [-0.2, -0.15) is 0 Å². The van der Waals surface area contributed by atoms with Crippen molar-refractivity contribution in [2.75, 3.05) is 0 Å². The number of primary amides is 1. The SMILES string of the molecule is C=C(C)C[C@@](C)(N)C(N)=O. The Morgan fingerprint density at radius 2 is 2.10 bits per heavy atom. The summed E-state index contributed by atoms with van der Waals surface area (Å²) >= 11 is 0. The molecule has 0 fully saturated rings. The second-order valence-corrected chi connectivity index (χ2v) is 2.92. The van der Waals surface area contributed by atoms with Crippen molar-refractivity contribution in [2.24, 2.45) is 11.5 Å². The second kappa shape index (κ2) is 2.84. The van der Waals surface area contributed by atoms with Gasteiger partial charge in [-0.15, -0.1) is 6.58 Å². The van der Waals surface area contributed by atoms with E-state index in [1.54, 1.807) is 6.92 Å². The fourth-order valence-electron chi connectivity index (χ4n) is 0.714. The standard InChI is InChI=1S/C7H14N2O/c1-5(2)4-7(3,9)6(8)10/h1,4,9H2,2-3H3,(H2,8,10)/t7-/m1/s1. The Balaban J connectivity index is 4.13. The number of carbonyl (C=O) groups is 1. The van der Waals surface area contributed by atoms with Crippen LogP contribution in [-0.2, 0) is 4.79 Å². The van der Waals surface area contributed by atoms with Crippen LogP contribution in [0, 0.1) is 0 Å². The van der Waals surface area contributed by atoms with Crippen molar-refractivity contribution < 1.29 is 4.79 Å². The molecule has 0 aliphatic rings. The Kier molecular flexibility index (Phi) is 2.60. The van der Waals surface area contributed by atoms with Crippen molar-refractivity contribution in [1.29, 1.82) is 0 Å². The number of hydrogen-bond donors (Lipinski definition) is 2. The molecule has 10 heavy (non-hydrogen) atoms. The van der Waals surface area contributed by atoms with Gasteiger partial charge in [-0.25, -0.2) is 0 Å². The number of carbonyl (C=O) groups excluding carboxylic acids is 1. The molecule has 0 aromatic carbocycles. The lowest BCUT2D eigenvalue weighted by Gasteiger charge is -2.19. The highest BCUT2D eigenvalue weighted by Gasteiger charge is 2.24. The van der Waals surface area contributed by atoms with E-state index >= 15 is 0 Å². The zero-order valence-corrected chi connectivity index (χ0v) is 6.48. The monoisotopic (exact) mass is 142 g/mol. The van der Waals surface area contributed by atoms with Crippen LogP contribution >= 0.6 is 0 Å². The lowest BCUT2D eigenvalue weighted by Crippen LogP contribution is -2.49. The third-order valence-corrected chi connectivity index (χ3v) is 1.23. The lowest BCUT2D eigenvalue weighted by atomic mass is 9.95. The number of rotatable bonds is 3. The topological polar surface area (TPSA) is 69.1 Å². The van der Waals surface area contributed by atoms with E-state index in [2.05, 4.69) is 6.58 Å². The van der Waals surface area contributed by atoms with Crippen LogP contribution in [0.5, 0.6) is 0 Å². The van der Waals surface area contributed by atoms with Crippen molar-refractivity contribution >= 4 is 5.91 Å². The molecule has 3 heteroatoms. The zero-order chi connectivity index (χ0) is 8.36. The van der Waals surface area contributed by atoms with Crippen LogP contribution in [-0.4, -0.2) is 11.4 Å². The van der Waals surface area contributed by atoms with Crippen LogP contribution in [0.25, 0.3) is 0 Å². The third kappa shape index (κ3) is 2.64. The summed E-state index contributed by atoms with van der Waals surface area (Å²) in [6.07, 6.45) is 0.447. The summed E-state index contributed by atoms with van der Waals surface area (Å²) in [5, 5.41) is 0. The van der Waals surface area contributed by atoms with Crippen LogP contribution in [0.2, 0.25) is 0 Å². The molecule has 1 amide bonds. The molecular formula is C7H14N2O. The summed E-state index contributed by atoms with van der Waals surface area (Å²) in [7, 11) is 0. The van der Waals surface area contributed by atoms with Gasteiger partial charge in [0.1, 0.15) is 0 Å². The van der Waals surface area contributed by atoms with Crippen LogP contribution in [0.3, 0.4) is 0 Å². The van der Waals surface area contributed by atoms with Crippen LogP contribution in [0.4, 0.5) is 0 Å². The highest BCUT2D eigenvalue weighted by Crippen LogP contribution is 2.10. The molecule has 0 unspecified atom stereocenters. The average Bonchev–Trinajstić information content (AvgIpc) is 1.60. The molecule has 0 saturated carbocycles. The molecule has 0 spiro atoms. The molecule has 3 nitrogen and oxygen atoms in total. The molecule has 0 saturated heterocycles. The van der Waals surface area contributed by atoms with Gasteiger partial charge in [-0.1, -0.05) is 5.57 Å². The fraction of sp³-hybridized carbons (Fsp3) is 0.571. The van der Waals surface area contributed by atoms with Crippen LogP contribution < -0.4 is 11.5 Å². The Labute approximate surface area is 61.1 Å². The summed E-state index contributed by atoms with van der Waals surface area (Å²) < 4.78 is 0. The molecule has 0 rings (SSSR count). The van der Waals surface area contributed by atoms with E-state index in [4.69, 9.17) is 11.5 Å². The third-order valence-electron chi connectivity index (χ3n) is 1.23. The minimum absolute atomic E-state index is 0.447. The predicted octanol–water partition coefficient (Wildman–Crippen LogP) is 0.155. The molecule has 1 atom stereocenters. The van der Waals surface area contributed by atoms with Crippen LogP contribution in [0.15, 0.2) is 12.2 Å². The molecular weight excluding hydrogens is 128 g/mol.